The standard InChI is InChI=1S/C24H23ClN4O3/c25-19-8-6-17(7-9-19)23-26-22(27-32-23)16-10-12-28(13-11-16)24(31)18-14-21(30)29(15-18)20-4-2-1-3-5-20/h1-9,16,18H,10-15H2/t18-/m1/s1. The summed E-state index contributed by atoms with van der Waals surface area (Å²) in [7, 11) is 0. The second-order valence-corrected chi connectivity index (χ2v) is 8.74. The molecule has 0 radical (unpaired) electrons. The van der Waals surface area contributed by atoms with Crippen molar-refractivity contribution in [2.45, 2.75) is 25.2 Å². The van der Waals surface area contributed by atoms with Crippen molar-refractivity contribution >= 4 is 29.1 Å². The number of halogens is 1. The van der Waals surface area contributed by atoms with Crippen LogP contribution in [0.15, 0.2) is 59.1 Å². The molecular formula is C24H23ClN4O3. The fourth-order valence-electron chi connectivity index (χ4n) is 4.46. The molecule has 7 nitrogen and oxygen atoms in total. The minimum atomic E-state index is -0.291. The summed E-state index contributed by atoms with van der Waals surface area (Å²) in [6.07, 6.45) is 1.81. The first-order valence-electron chi connectivity index (χ1n) is 10.8. The van der Waals surface area contributed by atoms with Crippen LogP contribution in [-0.4, -0.2) is 46.5 Å². The number of anilines is 1. The maximum absolute atomic E-state index is 13.1. The lowest BCUT2D eigenvalue weighted by Gasteiger charge is -2.32. The first-order chi connectivity index (χ1) is 15.6. The Labute approximate surface area is 191 Å². The minimum absolute atomic E-state index is 0.00552. The molecular weight excluding hydrogens is 428 g/mol. The molecule has 32 heavy (non-hydrogen) atoms. The van der Waals surface area contributed by atoms with Gasteiger partial charge in [-0.15, -0.1) is 0 Å². The zero-order chi connectivity index (χ0) is 22.1. The molecule has 0 unspecified atom stereocenters. The molecule has 0 saturated carbocycles. The number of aromatic nitrogens is 2. The maximum atomic E-state index is 13.1. The third-order valence-corrected chi connectivity index (χ3v) is 6.50. The Balaban J connectivity index is 1.19. The van der Waals surface area contributed by atoms with Crippen LogP contribution in [0.5, 0.6) is 0 Å². The third-order valence-electron chi connectivity index (χ3n) is 6.25. The number of hydrogen-bond donors (Lipinski definition) is 0. The number of amides is 2. The molecule has 1 atom stereocenters. The van der Waals surface area contributed by atoms with Crippen LogP contribution in [0.2, 0.25) is 5.02 Å². The Morgan fingerprint density at radius 1 is 1.03 bits per heavy atom. The Kier molecular flexibility index (Phi) is 5.66. The average Bonchev–Trinajstić information content (AvgIpc) is 3.47. The highest BCUT2D eigenvalue weighted by atomic mass is 35.5. The maximum Gasteiger partial charge on any atom is 0.257 e. The molecule has 2 aliphatic rings. The third kappa shape index (κ3) is 4.12. The first-order valence-corrected chi connectivity index (χ1v) is 11.2. The molecule has 0 N–H and O–H groups in total. The first kappa shape index (κ1) is 20.7. The van der Waals surface area contributed by atoms with Crippen LogP contribution in [0.25, 0.3) is 11.5 Å². The number of nitrogens with zero attached hydrogens (tertiary/aromatic N) is 4. The predicted octanol–water partition coefficient (Wildman–Crippen LogP) is 4.15. The molecule has 2 saturated heterocycles. The van der Waals surface area contributed by atoms with Gasteiger partial charge < -0.3 is 14.3 Å². The fraction of sp³-hybridized carbons (Fsp3) is 0.333. The van der Waals surface area contributed by atoms with Crippen LogP contribution in [0.3, 0.4) is 0 Å². The second-order valence-electron chi connectivity index (χ2n) is 8.31. The summed E-state index contributed by atoms with van der Waals surface area (Å²) in [5, 5.41) is 4.82. The molecule has 1 aromatic heterocycles. The van der Waals surface area contributed by atoms with E-state index in [1.807, 2.05) is 47.4 Å². The van der Waals surface area contributed by atoms with Crippen molar-refractivity contribution in [1.82, 2.24) is 15.0 Å². The van der Waals surface area contributed by atoms with Gasteiger partial charge in [0.05, 0.1) is 5.92 Å². The molecule has 5 rings (SSSR count). The van der Waals surface area contributed by atoms with Crippen molar-refractivity contribution in [1.29, 1.82) is 0 Å². The quantitative estimate of drug-likeness (QED) is 0.596. The summed E-state index contributed by atoms with van der Waals surface area (Å²) >= 11 is 5.94. The lowest BCUT2D eigenvalue weighted by Crippen LogP contribution is -2.42. The van der Waals surface area contributed by atoms with Crippen molar-refractivity contribution < 1.29 is 14.1 Å². The van der Waals surface area contributed by atoms with Crippen molar-refractivity contribution in [3.8, 4) is 11.5 Å². The highest BCUT2D eigenvalue weighted by molar-refractivity contribution is 6.30. The molecule has 3 aromatic rings. The Bertz CT molecular complexity index is 1110. The van der Waals surface area contributed by atoms with Crippen LogP contribution in [0.4, 0.5) is 5.69 Å². The highest BCUT2D eigenvalue weighted by Crippen LogP contribution is 2.31. The lowest BCUT2D eigenvalue weighted by molar-refractivity contribution is -0.136. The Morgan fingerprint density at radius 3 is 2.47 bits per heavy atom. The van der Waals surface area contributed by atoms with Crippen molar-refractivity contribution in [3.05, 3.63) is 65.4 Å². The molecule has 3 heterocycles. The molecule has 0 spiro atoms. The van der Waals surface area contributed by atoms with Gasteiger partial charge in [0.25, 0.3) is 5.89 Å². The van der Waals surface area contributed by atoms with Gasteiger partial charge in [-0.25, -0.2) is 0 Å². The van der Waals surface area contributed by atoms with Gasteiger partial charge >= 0.3 is 0 Å². The molecule has 2 aromatic carbocycles. The van der Waals surface area contributed by atoms with Gasteiger partial charge in [0.15, 0.2) is 5.82 Å². The average molecular weight is 451 g/mol. The van der Waals surface area contributed by atoms with Gasteiger partial charge in [0.2, 0.25) is 11.8 Å². The molecule has 8 heteroatoms. The molecule has 164 valence electrons. The monoisotopic (exact) mass is 450 g/mol. The number of piperidine rings is 1. The van der Waals surface area contributed by atoms with E-state index < -0.39 is 0 Å². The van der Waals surface area contributed by atoms with Crippen LogP contribution < -0.4 is 4.90 Å². The normalized spacial score (nSPS) is 19.5. The summed E-state index contributed by atoms with van der Waals surface area (Å²) in [5.74, 6) is 1.07. The molecule has 0 aliphatic carbocycles. The summed E-state index contributed by atoms with van der Waals surface area (Å²) in [6, 6.07) is 16.8. The SMILES string of the molecule is O=C([C@@H]1CC(=O)N(c2ccccc2)C1)N1CCC(c2noc(-c3ccc(Cl)cc3)n2)CC1. The number of likely N-dealkylation sites (tertiary alicyclic amines) is 1. The summed E-state index contributed by atoms with van der Waals surface area (Å²) in [5.41, 5.74) is 1.68. The van der Waals surface area contributed by atoms with E-state index in [-0.39, 0.29) is 30.1 Å². The van der Waals surface area contributed by atoms with Gasteiger partial charge in [0, 0.05) is 48.2 Å². The van der Waals surface area contributed by atoms with E-state index in [4.69, 9.17) is 16.1 Å². The van der Waals surface area contributed by atoms with Crippen LogP contribution in [-0.2, 0) is 9.59 Å². The van der Waals surface area contributed by atoms with E-state index in [1.165, 1.54) is 0 Å². The predicted molar refractivity (Wildman–Crippen MR) is 120 cm³/mol. The summed E-state index contributed by atoms with van der Waals surface area (Å²) < 4.78 is 5.44. The van der Waals surface area contributed by atoms with Crippen molar-refractivity contribution in [2.24, 2.45) is 5.92 Å². The number of para-hydroxylation sites is 1. The fourth-order valence-corrected chi connectivity index (χ4v) is 4.58. The highest BCUT2D eigenvalue weighted by Gasteiger charge is 2.38. The Morgan fingerprint density at radius 2 is 1.75 bits per heavy atom. The van der Waals surface area contributed by atoms with E-state index in [2.05, 4.69) is 10.1 Å². The van der Waals surface area contributed by atoms with Crippen LogP contribution in [0, 0.1) is 5.92 Å². The molecule has 2 amide bonds. The van der Waals surface area contributed by atoms with E-state index in [0.29, 0.717) is 36.4 Å². The van der Waals surface area contributed by atoms with Gasteiger partial charge in [0.1, 0.15) is 0 Å². The van der Waals surface area contributed by atoms with Crippen molar-refractivity contribution in [2.75, 3.05) is 24.5 Å². The van der Waals surface area contributed by atoms with E-state index in [9.17, 15) is 9.59 Å². The van der Waals surface area contributed by atoms with Gasteiger partial charge in [-0.05, 0) is 49.2 Å². The second kappa shape index (κ2) is 8.74. The number of benzene rings is 2. The zero-order valence-electron chi connectivity index (χ0n) is 17.5. The molecule has 2 aliphatic heterocycles. The molecule has 0 bridgehead atoms. The van der Waals surface area contributed by atoms with Gasteiger partial charge in [-0.2, -0.15) is 4.98 Å². The number of hydrogen-bond acceptors (Lipinski definition) is 5. The summed E-state index contributed by atoms with van der Waals surface area (Å²) in [4.78, 5) is 33.7. The van der Waals surface area contributed by atoms with E-state index in [1.54, 1.807) is 17.0 Å². The number of carbonyl (C=O) groups excluding carboxylic acids is 2. The number of carbonyl (C=O) groups is 2. The number of rotatable bonds is 4. The Hall–Kier alpha value is -3.19. The smallest absolute Gasteiger partial charge is 0.257 e. The van der Waals surface area contributed by atoms with Gasteiger partial charge in [-0.1, -0.05) is 35.0 Å². The molecule has 2 fully saturated rings. The topological polar surface area (TPSA) is 79.5 Å². The summed E-state index contributed by atoms with van der Waals surface area (Å²) in [6.45, 7) is 1.70. The van der Waals surface area contributed by atoms with Crippen LogP contribution in [0.1, 0.15) is 31.0 Å². The minimum Gasteiger partial charge on any atom is -0.342 e. The largest absolute Gasteiger partial charge is 0.342 e. The van der Waals surface area contributed by atoms with E-state index in [0.717, 1.165) is 24.1 Å². The van der Waals surface area contributed by atoms with Crippen molar-refractivity contribution in [3.63, 3.8) is 0 Å². The zero-order valence-corrected chi connectivity index (χ0v) is 18.2. The van der Waals surface area contributed by atoms with Gasteiger partial charge in [-0.3, -0.25) is 9.59 Å². The van der Waals surface area contributed by atoms with Crippen LogP contribution >= 0.6 is 11.6 Å². The van der Waals surface area contributed by atoms with E-state index >= 15 is 0 Å². The lowest BCUT2D eigenvalue weighted by atomic mass is 9.95.